The van der Waals surface area contributed by atoms with E-state index in [-0.39, 0.29) is 17.5 Å². The molecule has 1 aliphatic carbocycles. The van der Waals surface area contributed by atoms with Gasteiger partial charge in [0.2, 0.25) is 5.82 Å². The minimum Gasteiger partial charge on any atom is -0.355 e. The summed E-state index contributed by atoms with van der Waals surface area (Å²) in [7, 11) is 0. The Morgan fingerprint density at radius 1 is 1.24 bits per heavy atom. The molecule has 10 nitrogen and oxygen atoms in total. The summed E-state index contributed by atoms with van der Waals surface area (Å²) < 4.78 is 27.4. The minimum absolute atomic E-state index is 0.183. The summed E-state index contributed by atoms with van der Waals surface area (Å²) in [5.74, 6) is -0.930. The molecule has 0 saturated heterocycles. The van der Waals surface area contributed by atoms with E-state index in [1.54, 1.807) is 13.0 Å². The molecule has 0 bridgehead atoms. The zero-order chi connectivity index (χ0) is 20.5. The average Bonchev–Trinajstić information content (AvgIpc) is 3.43. The van der Waals surface area contributed by atoms with Crippen LogP contribution in [-0.4, -0.2) is 30.1 Å². The number of anilines is 3. The van der Waals surface area contributed by atoms with Gasteiger partial charge in [-0.15, -0.1) is 0 Å². The molecule has 0 aliphatic heterocycles. The number of aromatic nitrogens is 5. The van der Waals surface area contributed by atoms with E-state index >= 15 is 0 Å². The van der Waals surface area contributed by atoms with E-state index in [0.29, 0.717) is 11.7 Å². The van der Waals surface area contributed by atoms with Gasteiger partial charge in [0.15, 0.2) is 23.3 Å². The molecule has 150 valence electrons. The Labute approximate surface area is 163 Å². The van der Waals surface area contributed by atoms with Crippen LogP contribution in [0.15, 0.2) is 24.5 Å². The van der Waals surface area contributed by atoms with Gasteiger partial charge in [0.25, 0.3) is 0 Å². The molecule has 0 radical (unpaired) electrons. The fraction of sp³-hybridized carbons (Fsp3) is 0.294. The Hall–Kier alpha value is -3.70. The van der Waals surface area contributed by atoms with Gasteiger partial charge in [-0.25, -0.2) is 23.7 Å². The van der Waals surface area contributed by atoms with Gasteiger partial charge in [0.1, 0.15) is 5.82 Å². The number of halogens is 2. The highest BCUT2D eigenvalue weighted by atomic mass is 19.1. The van der Waals surface area contributed by atoms with Crippen LogP contribution in [0.2, 0.25) is 0 Å². The summed E-state index contributed by atoms with van der Waals surface area (Å²) in [5, 5.41) is 23.8. The number of hydrogen-bond donors (Lipinski definition) is 3. The van der Waals surface area contributed by atoms with Crippen LogP contribution < -0.4 is 10.6 Å². The summed E-state index contributed by atoms with van der Waals surface area (Å²) in [6.45, 7) is 1.62. The van der Waals surface area contributed by atoms with Crippen molar-refractivity contribution in [1.82, 2.24) is 25.1 Å². The molecule has 1 aliphatic rings. The molecule has 4 rings (SSSR count). The van der Waals surface area contributed by atoms with Crippen molar-refractivity contribution in [1.29, 1.82) is 0 Å². The number of H-pyrrole nitrogens is 1. The van der Waals surface area contributed by atoms with Gasteiger partial charge in [0.05, 0.1) is 29.4 Å². The van der Waals surface area contributed by atoms with Gasteiger partial charge >= 0.3 is 5.69 Å². The smallest absolute Gasteiger partial charge is 0.314 e. The summed E-state index contributed by atoms with van der Waals surface area (Å²) in [4.78, 5) is 22.3. The number of aromatic amines is 1. The van der Waals surface area contributed by atoms with Crippen molar-refractivity contribution in [3.63, 3.8) is 0 Å². The van der Waals surface area contributed by atoms with E-state index < -0.39 is 28.3 Å². The zero-order valence-corrected chi connectivity index (χ0v) is 15.2. The first-order valence-electron chi connectivity index (χ1n) is 8.82. The molecule has 0 unspecified atom stereocenters. The Morgan fingerprint density at radius 2 is 1.97 bits per heavy atom. The lowest BCUT2D eigenvalue weighted by atomic mass is 10.2. The van der Waals surface area contributed by atoms with Crippen LogP contribution in [0.25, 0.3) is 0 Å². The molecule has 3 heterocycles. The van der Waals surface area contributed by atoms with E-state index in [2.05, 4.69) is 35.8 Å². The molecule has 0 spiro atoms. The van der Waals surface area contributed by atoms with Crippen molar-refractivity contribution < 1.29 is 13.7 Å². The van der Waals surface area contributed by atoms with Crippen LogP contribution in [0, 0.1) is 21.7 Å². The highest BCUT2D eigenvalue weighted by molar-refractivity contribution is 5.64. The second kappa shape index (κ2) is 7.37. The molecule has 0 amide bonds. The van der Waals surface area contributed by atoms with Gasteiger partial charge < -0.3 is 10.6 Å². The third-order valence-corrected chi connectivity index (χ3v) is 4.39. The number of nitrogens with zero attached hydrogens (tertiary/aromatic N) is 5. The third-order valence-electron chi connectivity index (χ3n) is 4.39. The molecular formula is C17H16F2N8O2. The third kappa shape index (κ3) is 4.10. The second-order valence-electron chi connectivity index (χ2n) is 6.68. The number of pyridine rings is 1. The number of nitro groups is 1. The summed E-state index contributed by atoms with van der Waals surface area (Å²) in [5.41, 5.74) is 0.387. The van der Waals surface area contributed by atoms with Crippen molar-refractivity contribution in [3.8, 4) is 0 Å². The van der Waals surface area contributed by atoms with Gasteiger partial charge in [-0.3, -0.25) is 15.2 Å². The summed E-state index contributed by atoms with van der Waals surface area (Å²) >= 11 is 0. The van der Waals surface area contributed by atoms with Gasteiger partial charge in [0, 0.05) is 17.7 Å². The fourth-order valence-electron chi connectivity index (χ4n) is 2.75. The molecule has 29 heavy (non-hydrogen) atoms. The van der Waals surface area contributed by atoms with Crippen LogP contribution in [0.1, 0.15) is 43.2 Å². The maximum absolute atomic E-state index is 14.4. The number of rotatable bonds is 7. The average molecular weight is 402 g/mol. The monoisotopic (exact) mass is 402 g/mol. The van der Waals surface area contributed by atoms with E-state index in [4.69, 9.17) is 0 Å². The van der Waals surface area contributed by atoms with Crippen LogP contribution in [0.3, 0.4) is 0 Å². The maximum Gasteiger partial charge on any atom is 0.314 e. The van der Waals surface area contributed by atoms with Crippen molar-refractivity contribution in [3.05, 3.63) is 57.8 Å². The van der Waals surface area contributed by atoms with Gasteiger partial charge in [-0.2, -0.15) is 5.10 Å². The van der Waals surface area contributed by atoms with Gasteiger partial charge in [-0.1, -0.05) is 0 Å². The topological polar surface area (TPSA) is 135 Å². The first kappa shape index (κ1) is 18.7. The van der Waals surface area contributed by atoms with Crippen LogP contribution in [0.4, 0.5) is 31.9 Å². The second-order valence-corrected chi connectivity index (χ2v) is 6.68. The van der Waals surface area contributed by atoms with Gasteiger partial charge in [-0.05, 0) is 19.8 Å². The van der Waals surface area contributed by atoms with Crippen molar-refractivity contribution >= 4 is 23.1 Å². The summed E-state index contributed by atoms with van der Waals surface area (Å²) in [6, 6.07) is 1.87. The molecular weight excluding hydrogens is 386 g/mol. The lowest BCUT2D eigenvalue weighted by Crippen LogP contribution is -2.14. The Kier molecular flexibility index (Phi) is 4.74. The predicted octanol–water partition coefficient (Wildman–Crippen LogP) is 3.58. The molecule has 0 aromatic carbocycles. The maximum atomic E-state index is 14.4. The Balaban J connectivity index is 1.61. The van der Waals surface area contributed by atoms with Crippen molar-refractivity contribution in [2.24, 2.45) is 0 Å². The van der Waals surface area contributed by atoms with E-state index in [1.165, 1.54) is 0 Å². The van der Waals surface area contributed by atoms with Crippen molar-refractivity contribution in [2.45, 2.75) is 31.7 Å². The molecule has 3 N–H and O–H groups in total. The lowest BCUT2D eigenvalue weighted by molar-refractivity contribution is -0.384. The number of nitrogens with one attached hydrogen (secondary N) is 3. The highest BCUT2D eigenvalue weighted by Gasteiger charge is 2.26. The first-order valence-corrected chi connectivity index (χ1v) is 8.82. The highest BCUT2D eigenvalue weighted by Crippen LogP contribution is 2.40. The molecule has 1 fully saturated rings. The molecule has 3 aromatic rings. The Bertz CT molecular complexity index is 1050. The predicted molar refractivity (Wildman–Crippen MR) is 98.7 cm³/mol. The molecule has 1 saturated carbocycles. The van der Waals surface area contributed by atoms with Crippen LogP contribution in [0.5, 0.6) is 0 Å². The minimum atomic E-state index is -0.899. The first-order chi connectivity index (χ1) is 13.9. The normalized spacial score (nSPS) is 14.4. The molecule has 1 atom stereocenters. The van der Waals surface area contributed by atoms with E-state index in [0.717, 1.165) is 37.0 Å². The van der Waals surface area contributed by atoms with E-state index in [9.17, 15) is 18.9 Å². The van der Waals surface area contributed by atoms with E-state index in [1.807, 2.05) is 0 Å². The standard InChI is InChI=1S/C17H16F2N8O2/c1-8(15-20-6-10(18)7-21-15)22-17-13(27(28)29)4-11(19)16(24-17)23-14-5-12(25-26-14)9-2-3-9/h4-9H,2-3H2,1H3,(H3,22,23,24,25,26)/t8-/m0/s1. The van der Waals surface area contributed by atoms with Crippen molar-refractivity contribution in [2.75, 3.05) is 10.6 Å². The lowest BCUT2D eigenvalue weighted by Gasteiger charge is -2.14. The fourth-order valence-corrected chi connectivity index (χ4v) is 2.75. The molecule has 12 heteroatoms. The SMILES string of the molecule is C[C@H](Nc1nc(Nc2cc(C3CC3)[nH]n2)c(F)cc1[N+](=O)[O-])c1ncc(F)cn1. The number of hydrogen-bond acceptors (Lipinski definition) is 8. The van der Waals surface area contributed by atoms with Crippen LogP contribution >= 0.6 is 0 Å². The molecule has 3 aromatic heterocycles. The summed E-state index contributed by atoms with van der Waals surface area (Å²) in [6.07, 6.45) is 4.11. The Morgan fingerprint density at radius 3 is 2.62 bits per heavy atom. The zero-order valence-electron chi connectivity index (χ0n) is 15.2. The largest absolute Gasteiger partial charge is 0.355 e. The quantitative estimate of drug-likeness (QED) is 0.403. The van der Waals surface area contributed by atoms with Crippen LogP contribution in [-0.2, 0) is 0 Å².